The number of nitrogens with zero attached hydrogens (tertiary/aromatic N) is 1. The van der Waals surface area contributed by atoms with Gasteiger partial charge in [-0.15, -0.1) is 29.4 Å². The van der Waals surface area contributed by atoms with Crippen molar-refractivity contribution in [2.75, 3.05) is 4.90 Å². The second-order valence-electron chi connectivity index (χ2n) is 6.45. The molecule has 0 bridgehead atoms. The molecule has 1 aliphatic heterocycles. The van der Waals surface area contributed by atoms with Gasteiger partial charge in [-0.1, -0.05) is 55.9 Å². The average molecular weight is 449 g/mol. The maximum absolute atomic E-state index is 3.57. The maximum atomic E-state index is 3.57. The van der Waals surface area contributed by atoms with Crippen LogP contribution in [0.15, 0.2) is 71.5 Å². The Morgan fingerprint density at radius 2 is 1.68 bits per heavy atom. The predicted molar refractivity (Wildman–Crippen MR) is 93.6 cm³/mol. The van der Waals surface area contributed by atoms with Gasteiger partial charge in [0.05, 0.1) is 0 Å². The number of hydrogen-bond acceptors (Lipinski definition) is 1. The van der Waals surface area contributed by atoms with Crippen molar-refractivity contribution in [2.24, 2.45) is 5.92 Å². The van der Waals surface area contributed by atoms with Crippen molar-refractivity contribution in [1.29, 1.82) is 0 Å². The number of fused-ring (bicyclic) bond motifs is 2. The zero-order valence-electron chi connectivity index (χ0n) is 14.6. The quantitative estimate of drug-likeness (QED) is 0.548. The molecule has 0 saturated carbocycles. The molecule has 0 N–H and O–H groups in total. The Morgan fingerprint density at radius 3 is 2.40 bits per heavy atom. The molecule has 1 unspecified atom stereocenters. The molecular weight excluding hydrogens is 428 g/mol. The summed E-state index contributed by atoms with van der Waals surface area (Å²) in [5.41, 5.74) is 5.14. The minimum absolute atomic E-state index is 0. The first kappa shape index (κ1) is 22.2. The maximum Gasteiger partial charge on any atom is 3.00 e. The van der Waals surface area contributed by atoms with E-state index in [0.717, 1.165) is 0 Å². The smallest absolute Gasteiger partial charge is 1.00 e. The average Bonchev–Trinajstić information content (AvgIpc) is 3.03. The third-order valence-electron chi connectivity index (χ3n) is 4.57. The van der Waals surface area contributed by atoms with E-state index in [2.05, 4.69) is 86.4 Å². The van der Waals surface area contributed by atoms with Crippen LogP contribution in [-0.2, 0) is 26.2 Å². The number of benzene rings is 2. The van der Waals surface area contributed by atoms with Gasteiger partial charge in [0, 0.05) is 17.1 Å². The summed E-state index contributed by atoms with van der Waals surface area (Å²) in [6, 6.07) is 15.5. The van der Waals surface area contributed by atoms with Gasteiger partial charge in [0.15, 0.2) is 0 Å². The van der Waals surface area contributed by atoms with Gasteiger partial charge in [-0.25, -0.2) is 0 Å². The summed E-state index contributed by atoms with van der Waals surface area (Å²) in [7, 11) is 0. The van der Waals surface area contributed by atoms with Gasteiger partial charge in [-0.2, -0.15) is 0 Å². The van der Waals surface area contributed by atoms with Crippen LogP contribution >= 0.6 is 0 Å². The number of anilines is 1. The Kier molecular flexibility index (Phi) is 7.75. The van der Waals surface area contributed by atoms with Gasteiger partial charge in [-0.05, 0) is 24.3 Å². The molecule has 4 rings (SSSR count). The number of allylic oxidation sites excluding steroid dienone is 3. The van der Waals surface area contributed by atoms with Crippen LogP contribution in [0.3, 0.4) is 0 Å². The first-order valence-corrected chi connectivity index (χ1v) is 8.00. The fourth-order valence-corrected chi connectivity index (χ4v) is 3.42. The zero-order chi connectivity index (χ0) is 15.3. The van der Waals surface area contributed by atoms with Crippen LogP contribution in [0.5, 0.6) is 0 Å². The van der Waals surface area contributed by atoms with Gasteiger partial charge in [0.25, 0.3) is 0 Å². The van der Waals surface area contributed by atoms with Crippen LogP contribution in [0.2, 0.25) is 0 Å². The molecule has 2 aliphatic rings. The van der Waals surface area contributed by atoms with E-state index in [1.807, 2.05) is 0 Å². The van der Waals surface area contributed by atoms with Crippen molar-refractivity contribution in [1.82, 2.24) is 0 Å². The molecular formula is C21H20Cl2NZr. The minimum Gasteiger partial charge on any atom is -1.00 e. The molecule has 1 radical (unpaired) electrons. The normalized spacial score (nSPS) is 17.8. The van der Waals surface area contributed by atoms with E-state index in [9.17, 15) is 0 Å². The van der Waals surface area contributed by atoms with E-state index in [0.29, 0.717) is 12.0 Å². The van der Waals surface area contributed by atoms with E-state index < -0.39 is 0 Å². The SMILES string of the molecule is CC(C)C1=[C-]C2=CC(C)N(c3cccc4ccccc34)C2=C1.[Cl-].[Cl-].[Zr+3]. The summed E-state index contributed by atoms with van der Waals surface area (Å²) >= 11 is 0. The van der Waals surface area contributed by atoms with Crippen molar-refractivity contribution in [3.63, 3.8) is 0 Å². The number of halogens is 2. The Bertz CT molecular complexity index is 847. The molecule has 2 aromatic carbocycles. The summed E-state index contributed by atoms with van der Waals surface area (Å²) in [6.45, 7) is 6.71. The van der Waals surface area contributed by atoms with E-state index >= 15 is 0 Å². The van der Waals surface area contributed by atoms with Crippen LogP contribution in [0, 0.1) is 12.0 Å². The minimum atomic E-state index is 0. The van der Waals surface area contributed by atoms with Crippen molar-refractivity contribution in [3.05, 3.63) is 77.5 Å². The van der Waals surface area contributed by atoms with Crippen LogP contribution in [0.1, 0.15) is 20.8 Å². The molecule has 2 aromatic rings. The Hall–Kier alpha value is -0.817. The third-order valence-corrected chi connectivity index (χ3v) is 4.57. The summed E-state index contributed by atoms with van der Waals surface area (Å²) < 4.78 is 0. The molecule has 1 aliphatic carbocycles. The van der Waals surface area contributed by atoms with Gasteiger partial charge in [-0.3, -0.25) is 0 Å². The zero-order valence-corrected chi connectivity index (χ0v) is 18.5. The van der Waals surface area contributed by atoms with Crippen molar-refractivity contribution >= 4 is 16.5 Å². The predicted octanol–water partition coefficient (Wildman–Crippen LogP) is -0.737. The van der Waals surface area contributed by atoms with Crippen molar-refractivity contribution < 1.29 is 51.0 Å². The molecule has 127 valence electrons. The molecule has 1 heterocycles. The largest absolute Gasteiger partial charge is 3.00 e. The van der Waals surface area contributed by atoms with Crippen LogP contribution < -0.4 is 29.7 Å². The van der Waals surface area contributed by atoms with Gasteiger partial charge in [0.2, 0.25) is 0 Å². The molecule has 0 amide bonds. The third kappa shape index (κ3) is 3.82. The summed E-state index contributed by atoms with van der Waals surface area (Å²) in [5, 5.41) is 2.60. The molecule has 0 saturated heterocycles. The van der Waals surface area contributed by atoms with E-state index in [-0.39, 0.29) is 51.0 Å². The fraction of sp³-hybridized carbons (Fsp3) is 0.238. The molecule has 25 heavy (non-hydrogen) atoms. The van der Waals surface area contributed by atoms with Gasteiger partial charge >= 0.3 is 26.2 Å². The standard InChI is InChI=1S/C21H20N.2ClH.Zr/c1-14(2)17-12-18-11-15(3)22(21(18)13-17)20-10-6-8-16-7-4-5-9-19(16)20;;;/h4-11,13-15H,1-3H3;2*1H;/q-1;;;+3/p-2. The first-order chi connectivity index (χ1) is 10.6. The Labute approximate surface area is 181 Å². The Balaban J connectivity index is 0.00000104. The molecule has 0 aromatic heterocycles. The van der Waals surface area contributed by atoms with Gasteiger partial charge in [0.1, 0.15) is 0 Å². The van der Waals surface area contributed by atoms with Gasteiger partial charge < -0.3 is 29.7 Å². The van der Waals surface area contributed by atoms with E-state index in [1.165, 1.54) is 33.3 Å². The monoisotopic (exact) mass is 446 g/mol. The molecule has 4 heteroatoms. The van der Waals surface area contributed by atoms with Crippen molar-refractivity contribution in [2.45, 2.75) is 26.8 Å². The first-order valence-electron chi connectivity index (χ1n) is 8.00. The van der Waals surface area contributed by atoms with Crippen LogP contribution in [0.4, 0.5) is 5.69 Å². The summed E-state index contributed by atoms with van der Waals surface area (Å²) in [5.74, 6) is 0.517. The second-order valence-corrected chi connectivity index (χ2v) is 6.45. The molecule has 1 nitrogen and oxygen atoms in total. The van der Waals surface area contributed by atoms with Crippen LogP contribution in [-0.4, -0.2) is 6.04 Å². The molecule has 1 atom stereocenters. The molecule has 0 spiro atoms. The van der Waals surface area contributed by atoms with E-state index in [1.54, 1.807) is 0 Å². The summed E-state index contributed by atoms with van der Waals surface area (Å²) in [6.07, 6.45) is 8.20. The second kappa shape index (κ2) is 8.71. The summed E-state index contributed by atoms with van der Waals surface area (Å²) in [4.78, 5) is 2.44. The van der Waals surface area contributed by atoms with E-state index in [4.69, 9.17) is 0 Å². The number of hydrogen-bond donors (Lipinski definition) is 0. The number of rotatable bonds is 2. The van der Waals surface area contributed by atoms with Crippen LogP contribution in [0.25, 0.3) is 10.8 Å². The fourth-order valence-electron chi connectivity index (χ4n) is 3.42. The Morgan fingerprint density at radius 1 is 1.00 bits per heavy atom. The molecule has 0 fully saturated rings. The van der Waals surface area contributed by atoms with Crippen molar-refractivity contribution in [3.8, 4) is 0 Å². The topological polar surface area (TPSA) is 3.24 Å².